The Bertz CT molecular complexity index is 722. The van der Waals surface area contributed by atoms with Gasteiger partial charge in [-0.05, 0) is 22.9 Å². The molecule has 1 aromatic heterocycles. The van der Waals surface area contributed by atoms with Crippen LogP contribution in [-0.4, -0.2) is 26.0 Å². The first-order valence-electron chi connectivity index (χ1n) is 6.27. The normalized spacial score (nSPS) is 13.0. The molecule has 0 bridgehead atoms. The van der Waals surface area contributed by atoms with Gasteiger partial charge in [0.2, 0.25) is 10.0 Å². The van der Waals surface area contributed by atoms with Gasteiger partial charge in [0.05, 0.1) is 0 Å². The Hall–Kier alpha value is -1.70. The summed E-state index contributed by atoms with van der Waals surface area (Å²) in [6, 6.07) is 10.8. The molecule has 21 heavy (non-hydrogen) atoms. The van der Waals surface area contributed by atoms with E-state index in [0.29, 0.717) is 0 Å². The van der Waals surface area contributed by atoms with E-state index in [4.69, 9.17) is 5.11 Å². The van der Waals surface area contributed by atoms with Crippen molar-refractivity contribution in [3.63, 3.8) is 0 Å². The Labute approximate surface area is 127 Å². The van der Waals surface area contributed by atoms with E-state index in [0.717, 1.165) is 16.9 Å². The Balaban J connectivity index is 2.12. The van der Waals surface area contributed by atoms with E-state index in [1.807, 2.05) is 37.3 Å². The van der Waals surface area contributed by atoms with Gasteiger partial charge in [-0.3, -0.25) is 0 Å². The lowest BCUT2D eigenvalue weighted by Gasteiger charge is -2.13. The average Bonchev–Trinajstić information content (AvgIpc) is 2.96. The molecule has 0 aliphatic heterocycles. The van der Waals surface area contributed by atoms with E-state index in [-0.39, 0.29) is 22.2 Å². The molecule has 1 heterocycles. The fourth-order valence-corrected chi connectivity index (χ4v) is 4.27. The molecule has 0 amide bonds. The van der Waals surface area contributed by atoms with Crippen LogP contribution >= 0.6 is 11.3 Å². The molecule has 0 spiro atoms. The second kappa shape index (κ2) is 6.38. The summed E-state index contributed by atoms with van der Waals surface area (Å²) in [4.78, 5) is 10.7. The number of benzene rings is 1. The van der Waals surface area contributed by atoms with E-state index in [9.17, 15) is 13.2 Å². The molecule has 0 aliphatic rings. The van der Waals surface area contributed by atoms with E-state index in [1.54, 1.807) is 0 Å². The molecular weight excluding hydrogens is 310 g/mol. The molecule has 0 saturated heterocycles. The summed E-state index contributed by atoms with van der Waals surface area (Å²) >= 11 is 0.896. The Morgan fingerprint density at radius 3 is 2.57 bits per heavy atom. The number of thiophene rings is 1. The quantitative estimate of drug-likeness (QED) is 0.855. The highest BCUT2D eigenvalue weighted by Crippen LogP contribution is 2.22. The molecule has 0 saturated carbocycles. The number of carboxylic acids is 1. The second-order valence-corrected chi connectivity index (χ2v) is 7.23. The van der Waals surface area contributed by atoms with Crippen molar-refractivity contribution < 1.29 is 18.3 Å². The lowest BCUT2D eigenvalue weighted by molar-refractivity contribution is 0.0698. The third kappa shape index (κ3) is 3.69. The third-order valence-electron chi connectivity index (χ3n) is 3.06. The zero-order chi connectivity index (χ0) is 15.5. The van der Waals surface area contributed by atoms with Gasteiger partial charge < -0.3 is 5.11 Å². The topological polar surface area (TPSA) is 83.5 Å². The van der Waals surface area contributed by atoms with Crippen LogP contribution in [0.5, 0.6) is 0 Å². The van der Waals surface area contributed by atoms with Crippen LogP contribution in [0.3, 0.4) is 0 Å². The molecule has 0 fully saturated rings. The maximum absolute atomic E-state index is 12.2. The maximum atomic E-state index is 12.2. The first-order valence-corrected chi connectivity index (χ1v) is 8.63. The van der Waals surface area contributed by atoms with Crippen molar-refractivity contribution in [2.75, 3.05) is 6.54 Å². The van der Waals surface area contributed by atoms with E-state index in [1.165, 1.54) is 11.4 Å². The van der Waals surface area contributed by atoms with Crippen molar-refractivity contribution in [3.05, 3.63) is 52.2 Å². The fraction of sp³-hybridized carbons (Fsp3) is 0.214. The summed E-state index contributed by atoms with van der Waals surface area (Å²) in [6.45, 7) is 2.12. The molecule has 1 aromatic carbocycles. The molecular formula is C14H15NO4S2. The van der Waals surface area contributed by atoms with Crippen molar-refractivity contribution in [1.29, 1.82) is 0 Å². The maximum Gasteiger partial charge on any atom is 0.347 e. The Morgan fingerprint density at radius 2 is 1.95 bits per heavy atom. The SMILES string of the molecule is CC(CNS(=O)(=O)c1ccsc1C(=O)O)c1ccccc1. The lowest BCUT2D eigenvalue weighted by Crippen LogP contribution is -2.28. The molecule has 2 aromatic rings. The van der Waals surface area contributed by atoms with Crippen LogP contribution in [0.1, 0.15) is 28.1 Å². The predicted octanol–water partition coefficient (Wildman–Crippen LogP) is 2.53. The van der Waals surface area contributed by atoms with E-state index in [2.05, 4.69) is 4.72 Å². The average molecular weight is 325 g/mol. The van der Waals surface area contributed by atoms with Gasteiger partial charge in [0.15, 0.2) is 0 Å². The molecule has 0 aliphatic carbocycles. The number of aromatic carboxylic acids is 1. The Morgan fingerprint density at radius 1 is 1.29 bits per heavy atom. The van der Waals surface area contributed by atoms with Crippen molar-refractivity contribution >= 4 is 27.3 Å². The number of nitrogens with one attached hydrogen (secondary N) is 1. The first-order chi connectivity index (χ1) is 9.92. The van der Waals surface area contributed by atoms with Gasteiger partial charge in [-0.25, -0.2) is 17.9 Å². The molecule has 1 atom stereocenters. The standard InChI is InChI=1S/C14H15NO4S2/c1-10(11-5-3-2-4-6-11)9-15-21(18,19)12-7-8-20-13(12)14(16)17/h2-8,10,15H,9H2,1H3,(H,16,17). The zero-order valence-corrected chi connectivity index (χ0v) is 12.9. The van der Waals surface area contributed by atoms with Gasteiger partial charge in [-0.15, -0.1) is 11.3 Å². The smallest absolute Gasteiger partial charge is 0.347 e. The molecule has 2 rings (SSSR count). The number of carboxylic acid groups (broad SMARTS) is 1. The Kier molecular flexibility index (Phi) is 4.76. The fourth-order valence-electron chi connectivity index (χ4n) is 1.88. The van der Waals surface area contributed by atoms with E-state index < -0.39 is 16.0 Å². The van der Waals surface area contributed by atoms with Gasteiger partial charge >= 0.3 is 5.97 Å². The van der Waals surface area contributed by atoms with Crippen molar-refractivity contribution in [3.8, 4) is 0 Å². The van der Waals surface area contributed by atoms with Gasteiger partial charge in [-0.2, -0.15) is 0 Å². The summed E-state index contributed by atoms with van der Waals surface area (Å²) in [5.41, 5.74) is 1.02. The second-order valence-electron chi connectivity index (χ2n) is 4.58. The summed E-state index contributed by atoms with van der Waals surface area (Å²) in [7, 11) is -3.82. The van der Waals surface area contributed by atoms with Gasteiger partial charge in [0, 0.05) is 6.54 Å². The molecule has 2 N–H and O–H groups in total. The minimum atomic E-state index is -3.82. The van der Waals surface area contributed by atoms with Crippen LogP contribution in [0.25, 0.3) is 0 Å². The van der Waals surface area contributed by atoms with Gasteiger partial charge in [-0.1, -0.05) is 37.3 Å². The number of carbonyl (C=O) groups is 1. The minimum Gasteiger partial charge on any atom is -0.477 e. The highest BCUT2D eigenvalue weighted by molar-refractivity contribution is 7.89. The van der Waals surface area contributed by atoms with Crippen LogP contribution in [0.15, 0.2) is 46.7 Å². The molecule has 7 heteroatoms. The monoisotopic (exact) mass is 325 g/mol. The van der Waals surface area contributed by atoms with Crippen molar-refractivity contribution in [2.24, 2.45) is 0 Å². The summed E-state index contributed by atoms with van der Waals surface area (Å²) < 4.78 is 26.8. The summed E-state index contributed by atoms with van der Waals surface area (Å²) in [6.07, 6.45) is 0. The summed E-state index contributed by atoms with van der Waals surface area (Å²) in [5, 5.41) is 10.4. The van der Waals surface area contributed by atoms with Crippen LogP contribution in [0.2, 0.25) is 0 Å². The summed E-state index contributed by atoms with van der Waals surface area (Å²) in [5.74, 6) is -1.24. The predicted molar refractivity (Wildman–Crippen MR) is 81.3 cm³/mol. The first kappa shape index (κ1) is 15.7. The number of hydrogen-bond acceptors (Lipinski definition) is 4. The molecule has 112 valence electrons. The molecule has 0 radical (unpaired) electrons. The third-order valence-corrected chi connectivity index (χ3v) is 5.56. The largest absolute Gasteiger partial charge is 0.477 e. The highest BCUT2D eigenvalue weighted by Gasteiger charge is 2.24. The van der Waals surface area contributed by atoms with Crippen molar-refractivity contribution in [2.45, 2.75) is 17.7 Å². The number of rotatable bonds is 6. The van der Waals surface area contributed by atoms with E-state index >= 15 is 0 Å². The minimum absolute atomic E-state index is 0.00658. The van der Waals surface area contributed by atoms with Gasteiger partial charge in [0.25, 0.3) is 0 Å². The van der Waals surface area contributed by atoms with Gasteiger partial charge in [0.1, 0.15) is 9.77 Å². The van der Waals surface area contributed by atoms with Crippen LogP contribution in [-0.2, 0) is 10.0 Å². The zero-order valence-electron chi connectivity index (χ0n) is 11.3. The van der Waals surface area contributed by atoms with Crippen molar-refractivity contribution in [1.82, 2.24) is 4.72 Å². The van der Waals surface area contributed by atoms with Crippen LogP contribution in [0, 0.1) is 0 Å². The molecule has 1 unspecified atom stereocenters. The lowest BCUT2D eigenvalue weighted by atomic mass is 10.0. The van der Waals surface area contributed by atoms with Crippen LogP contribution < -0.4 is 4.72 Å². The number of sulfonamides is 1. The van der Waals surface area contributed by atoms with Crippen LogP contribution in [0.4, 0.5) is 0 Å². The highest BCUT2D eigenvalue weighted by atomic mass is 32.2. The molecule has 5 nitrogen and oxygen atoms in total. The number of hydrogen-bond donors (Lipinski definition) is 2.